The summed E-state index contributed by atoms with van der Waals surface area (Å²) < 4.78 is 62.7. The Morgan fingerprint density at radius 2 is 1.32 bits per heavy atom. The van der Waals surface area contributed by atoms with Crippen LogP contribution in [0.3, 0.4) is 0 Å². The van der Waals surface area contributed by atoms with E-state index in [0.717, 1.165) is 6.07 Å². The predicted octanol–water partition coefficient (Wildman–Crippen LogP) is 3.21. The minimum atomic E-state index is -5.48. The Hall–Kier alpha value is -2.82. The number of nitro benzene ring substituents is 1. The monoisotopic (exact) mass is 415 g/mol. The molecule has 28 heavy (non-hydrogen) atoms. The van der Waals surface area contributed by atoms with Crippen molar-refractivity contribution in [3.05, 3.63) is 58.6 Å². The number of rotatable bonds is 4. The Bertz CT molecular complexity index is 987. The summed E-state index contributed by atoms with van der Waals surface area (Å²) in [6.45, 7) is 1.03. The summed E-state index contributed by atoms with van der Waals surface area (Å²) in [5.74, 6) is 0. The highest BCUT2D eigenvalue weighted by Gasteiger charge is 2.48. The van der Waals surface area contributed by atoms with Gasteiger partial charge in [-0.15, -0.1) is 0 Å². The van der Waals surface area contributed by atoms with Crippen LogP contribution in [0.2, 0.25) is 0 Å². The van der Waals surface area contributed by atoms with Crippen molar-refractivity contribution in [2.45, 2.75) is 10.4 Å². The zero-order valence-corrected chi connectivity index (χ0v) is 15.3. The van der Waals surface area contributed by atoms with Crippen LogP contribution in [0.15, 0.2) is 53.4 Å². The molecule has 150 valence electrons. The van der Waals surface area contributed by atoms with E-state index in [1.807, 2.05) is 0 Å². The van der Waals surface area contributed by atoms with Gasteiger partial charge in [-0.2, -0.15) is 13.2 Å². The molecular formula is C17H16F3N3O4S. The number of para-hydroxylation sites is 3. The van der Waals surface area contributed by atoms with E-state index in [-0.39, 0.29) is 24.5 Å². The summed E-state index contributed by atoms with van der Waals surface area (Å²) in [6.07, 6.45) is 0. The topological polar surface area (TPSA) is 83.8 Å². The molecule has 11 heteroatoms. The first kappa shape index (κ1) is 19.9. The van der Waals surface area contributed by atoms with Crippen LogP contribution in [-0.2, 0) is 9.84 Å². The molecule has 0 radical (unpaired) electrons. The van der Waals surface area contributed by atoms with Crippen LogP contribution < -0.4 is 9.80 Å². The highest BCUT2D eigenvalue weighted by Crippen LogP contribution is 2.36. The van der Waals surface area contributed by atoms with Gasteiger partial charge in [-0.25, -0.2) is 8.42 Å². The van der Waals surface area contributed by atoms with Crippen LogP contribution in [0.25, 0.3) is 0 Å². The molecule has 0 spiro atoms. The first-order chi connectivity index (χ1) is 13.1. The molecule has 0 atom stereocenters. The number of benzene rings is 2. The lowest BCUT2D eigenvalue weighted by atomic mass is 10.2. The minimum absolute atomic E-state index is 0.0259. The van der Waals surface area contributed by atoms with E-state index >= 15 is 0 Å². The first-order valence-electron chi connectivity index (χ1n) is 8.26. The van der Waals surface area contributed by atoms with Gasteiger partial charge in [0.15, 0.2) is 0 Å². The number of alkyl halides is 3. The first-order valence-corrected chi connectivity index (χ1v) is 9.75. The summed E-state index contributed by atoms with van der Waals surface area (Å²) in [5, 5.41) is 11.2. The molecule has 1 heterocycles. The van der Waals surface area contributed by atoms with Gasteiger partial charge < -0.3 is 9.80 Å². The van der Waals surface area contributed by atoms with Crippen LogP contribution >= 0.6 is 0 Å². The van der Waals surface area contributed by atoms with Gasteiger partial charge in [-0.1, -0.05) is 24.3 Å². The largest absolute Gasteiger partial charge is 0.501 e. The fourth-order valence-corrected chi connectivity index (χ4v) is 4.12. The Morgan fingerprint density at radius 1 is 0.857 bits per heavy atom. The average molecular weight is 415 g/mol. The highest BCUT2D eigenvalue weighted by atomic mass is 32.2. The lowest BCUT2D eigenvalue weighted by molar-refractivity contribution is -0.384. The van der Waals surface area contributed by atoms with E-state index in [4.69, 9.17) is 0 Å². The summed E-state index contributed by atoms with van der Waals surface area (Å²) >= 11 is 0. The number of piperazine rings is 1. The molecule has 0 amide bonds. The van der Waals surface area contributed by atoms with Crippen molar-refractivity contribution >= 4 is 26.9 Å². The van der Waals surface area contributed by atoms with E-state index in [1.54, 1.807) is 28.0 Å². The van der Waals surface area contributed by atoms with Crippen molar-refractivity contribution in [1.82, 2.24) is 0 Å². The van der Waals surface area contributed by atoms with Gasteiger partial charge in [0.2, 0.25) is 0 Å². The molecule has 3 rings (SSSR count). The molecule has 7 nitrogen and oxygen atoms in total. The fourth-order valence-electron chi connectivity index (χ4n) is 3.14. The number of anilines is 2. The summed E-state index contributed by atoms with van der Waals surface area (Å²) in [4.78, 5) is 13.2. The Kier molecular flexibility index (Phi) is 5.20. The van der Waals surface area contributed by atoms with Crippen LogP contribution in [-0.4, -0.2) is 45.0 Å². The molecule has 0 bridgehead atoms. The van der Waals surface area contributed by atoms with E-state index in [0.29, 0.717) is 18.8 Å². The van der Waals surface area contributed by atoms with Crippen molar-refractivity contribution < 1.29 is 26.5 Å². The molecule has 1 aliphatic heterocycles. The zero-order valence-electron chi connectivity index (χ0n) is 14.5. The van der Waals surface area contributed by atoms with Gasteiger partial charge >= 0.3 is 5.51 Å². The quantitative estimate of drug-likeness (QED) is 0.563. The van der Waals surface area contributed by atoms with E-state index < -0.39 is 25.2 Å². The molecule has 1 aliphatic rings. The van der Waals surface area contributed by atoms with Crippen molar-refractivity contribution in [2.24, 2.45) is 0 Å². The molecule has 0 unspecified atom stereocenters. The third-order valence-electron chi connectivity index (χ3n) is 4.50. The highest BCUT2D eigenvalue weighted by molar-refractivity contribution is 7.92. The number of nitro groups is 1. The van der Waals surface area contributed by atoms with Crippen LogP contribution in [0.4, 0.5) is 30.2 Å². The predicted molar refractivity (Wildman–Crippen MR) is 97.2 cm³/mol. The van der Waals surface area contributed by atoms with Gasteiger partial charge in [-0.05, 0) is 18.2 Å². The van der Waals surface area contributed by atoms with Gasteiger partial charge in [0.25, 0.3) is 15.5 Å². The molecule has 0 aromatic heterocycles. The number of sulfone groups is 1. The molecule has 0 N–H and O–H groups in total. The summed E-state index contributed by atoms with van der Waals surface area (Å²) in [5.41, 5.74) is -5.06. The lowest BCUT2D eigenvalue weighted by Crippen LogP contribution is -2.47. The molecule has 2 aromatic carbocycles. The van der Waals surface area contributed by atoms with Crippen LogP contribution in [0.1, 0.15) is 0 Å². The SMILES string of the molecule is O=[N+]([O-])c1ccccc1N1CCN(c2ccccc2S(=O)(=O)C(F)(F)F)CC1. The summed E-state index contributed by atoms with van der Waals surface area (Å²) in [7, 11) is -5.48. The number of hydrogen-bond acceptors (Lipinski definition) is 6. The van der Waals surface area contributed by atoms with Gasteiger partial charge in [0.05, 0.1) is 15.5 Å². The summed E-state index contributed by atoms with van der Waals surface area (Å²) in [6, 6.07) is 11.2. The maximum absolute atomic E-state index is 13.0. The van der Waals surface area contributed by atoms with Gasteiger partial charge in [0.1, 0.15) is 5.69 Å². The third kappa shape index (κ3) is 3.61. The smallest absolute Gasteiger partial charge is 0.367 e. The average Bonchev–Trinajstić information content (AvgIpc) is 2.67. The lowest BCUT2D eigenvalue weighted by Gasteiger charge is -2.37. The minimum Gasteiger partial charge on any atom is -0.367 e. The van der Waals surface area contributed by atoms with Gasteiger partial charge in [0, 0.05) is 32.2 Å². The van der Waals surface area contributed by atoms with Gasteiger partial charge in [-0.3, -0.25) is 10.1 Å². The van der Waals surface area contributed by atoms with Crippen molar-refractivity contribution in [3.8, 4) is 0 Å². The Labute approximate surface area is 159 Å². The molecular weight excluding hydrogens is 399 g/mol. The van der Waals surface area contributed by atoms with Crippen molar-refractivity contribution in [3.63, 3.8) is 0 Å². The number of halogens is 3. The van der Waals surface area contributed by atoms with Crippen molar-refractivity contribution in [1.29, 1.82) is 0 Å². The maximum Gasteiger partial charge on any atom is 0.501 e. The standard InChI is InChI=1S/C17H16F3N3O4S/c18-17(19,20)28(26,27)16-8-4-3-7-15(16)22-11-9-21(10-12-22)13-5-1-2-6-14(13)23(24)25/h1-8H,9-12H2. The van der Waals surface area contributed by atoms with Crippen LogP contribution in [0.5, 0.6) is 0 Å². The van der Waals surface area contributed by atoms with Crippen molar-refractivity contribution in [2.75, 3.05) is 36.0 Å². The van der Waals surface area contributed by atoms with E-state index in [2.05, 4.69) is 0 Å². The third-order valence-corrected chi connectivity index (χ3v) is 6.03. The van der Waals surface area contributed by atoms with E-state index in [1.165, 1.54) is 24.3 Å². The molecule has 2 aromatic rings. The molecule has 1 saturated heterocycles. The fraction of sp³-hybridized carbons (Fsp3) is 0.294. The Morgan fingerprint density at radius 3 is 1.86 bits per heavy atom. The second-order valence-corrected chi connectivity index (χ2v) is 8.05. The Balaban J connectivity index is 1.85. The van der Waals surface area contributed by atoms with E-state index in [9.17, 15) is 31.7 Å². The molecule has 0 saturated carbocycles. The molecule has 1 fully saturated rings. The van der Waals surface area contributed by atoms with Crippen LogP contribution in [0, 0.1) is 10.1 Å². The maximum atomic E-state index is 13.0. The number of hydrogen-bond donors (Lipinski definition) is 0. The second kappa shape index (κ2) is 7.30. The zero-order chi connectivity index (χ0) is 20.5. The normalized spacial score (nSPS) is 15.5. The number of nitrogens with zero attached hydrogens (tertiary/aromatic N) is 3. The second-order valence-electron chi connectivity index (χ2n) is 6.14. The molecule has 0 aliphatic carbocycles.